The second-order valence-electron chi connectivity index (χ2n) is 8.78. The Morgan fingerprint density at radius 2 is 1.89 bits per heavy atom. The number of thiocarbonyl (C=S) groups is 1. The van der Waals surface area contributed by atoms with E-state index in [2.05, 4.69) is 13.8 Å². The molecular weight excluding hydrogens is 502 g/mol. The van der Waals surface area contributed by atoms with Crippen LogP contribution in [0.2, 0.25) is 0 Å². The van der Waals surface area contributed by atoms with Gasteiger partial charge in [0.2, 0.25) is 0 Å². The van der Waals surface area contributed by atoms with Crippen molar-refractivity contribution in [3.63, 3.8) is 0 Å². The van der Waals surface area contributed by atoms with E-state index in [1.807, 2.05) is 72.4 Å². The van der Waals surface area contributed by atoms with E-state index >= 15 is 0 Å². The number of aromatic nitrogens is 2. The lowest BCUT2D eigenvalue weighted by Gasteiger charge is -2.13. The Hall–Kier alpha value is -2.94. The molecule has 0 saturated carbocycles. The predicted octanol–water partition coefficient (Wildman–Crippen LogP) is 6.65. The van der Waals surface area contributed by atoms with Crippen LogP contribution in [0.3, 0.4) is 0 Å². The van der Waals surface area contributed by atoms with Crippen molar-refractivity contribution in [2.45, 2.75) is 40.0 Å². The number of thioether (sulfide) groups is 1. The first kappa shape index (κ1) is 27.1. The number of unbranched alkanes of at least 4 members (excludes halogenated alkanes) is 1. The van der Waals surface area contributed by atoms with Crippen molar-refractivity contribution in [1.82, 2.24) is 14.7 Å². The molecular formula is C29H33N3O3S2. The third-order valence-corrected chi connectivity index (χ3v) is 7.40. The van der Waals surface area contributed by atoms with Gasteiger partial charge in [0, 0.05) is 37.1 Å². The topological polar surface area (TPSA) is 56.6 Å². The van der Waals surface area contributed by atoms with E-state index < -0.39 is 0 Å². The first-order valence-electron chi connectivity index (χ1n) is 12.7. The van der Waals surface area contributed by atoms with E-state index in [4.69, 9.17) is 26.8 Å². The van der Waals surface area contributed by atoms with Gasteiger partial charge in [-0.15, -0.1) is 0 Å². The van der Waals surface area contributed by atoms with E-state index in [1.165, 1.54) is 11.8 Å². The number of carbonyl (C=O) groups is 1. The fourth-order valence-corrected chi connectivity index (χ4v) is 5.34. The van der Waals surface area contributed by atoms with Gasteiger partial charge in [0.15, 0.2) is 0 Å². The predicted molar refractivity (Wildman–Crippen MR) is 155 cm³/mol. The van der Waals surface area contributed by atoms with Crippen LogP contribution < -0.4 is 4.74 Å². The zero-order chi connectivity index (χ0) is 26.2. The molecule has 1 aliphatic heterocycles. The fraction of sp³-hybridized carbons (Fsp3) is 0.345. The first-order valence-corrected chi connectivity index (χ1v) is 14.0. The van der Waals surface area contributed by atoms with Gasteiger partial charge in [-0.2, -0.15) is 5.10 Å². The number of rotatable bonds is 12. The zero-order valence-electron chi connectivity index (χ0n) is 21.6. The van der Waals surface area contributed by atoms with Gasteiger partial charge in [-0.3, -0.25) is 9.69 Å². The van der Waals surface area contributed by atoms with Gasteiger partial charge >= 0.3 is 0 Å². The van der Waals surface area contributed by atoms with Crippen LogP contribution in [0.5, 0.6) is 5.75 Å². The van der Waals surface area contributed by atoms with Gasteiger partial charge in [-0.1, -0.05) is 55.5 Å². The van der Waals surface area contributed by atoms with Crippen LogP contribution in [0, 0.1) is 6.92 Å². The van der Waals surface area contributed by atoms with Gasteiger partial charge < -0.3 is 9.47 Å². The Labute approximate surface area is 228 Å². The molecule has 1 aliphatic rings. The molecule has 8 heteroatoms. The number of ether oxygens (including phenoxy) is 2. The van der Waals surface area contributed by atoms with Gasteiger partial charge in [-0.05, 0) is 68.7 Å². The Balaban J connectivity index is 1.67. The van der Waals surface area contributed by atoms with Crippen LogP contribution in [0.25, 0.3) is 23.0 Å². The van der Waals surface area contributed by atoms with E-state index in [1.54, 1.807) is 4.90 Å². The largest absolute Gasteiger partial charge is 0.494 e. The number of para-hydroxylation sites is 1. The normalized spacial score (nSPS) is 14.7. The molecule has 3 aromatic rings. The number of carbonyl (C=O) groups excluding carboxylic acids is 1. The fourth-order valence-electron chi connectivity index (χ4n) is 4.04. The van der Waals surface area contributed by atoms with Crippen molar-refractivity contribution in [3.8, 4) is 22.7 Å². The molecule has 0 N–H and O–H groups in total. The molecule has 0 atom stereocenters. The minimum Gasteiger partial charge on any atom is -0.494 e. The quantitative estimate of drug-likeness (QED) is 0.147. The SMILES string of the molecule is CCCCOc1ccc(-c2nn(-c3ccccc3)cc2/C=C2\SC(=S)N(CCCOCC)C2=O)c(C)c1. The zero-order valence-corrected chi connectivity index (χ0v) is 23.2. The van der Waals surface area contributed by atoms with Crippen molar-refractivity contribution in [2.75, 3.05) is 26.4 Å². The third kappa shape index (κ3) is 6.69. The summed E-state index contributed by atoms with van der Waals surface area (Å²) in [5, 5.41) is 4.94. The molecule has 37 heavy (non-hydrogen) atoms. The summed E-state index contributed by atoms with van der Waals surface area (Å²) in [5.74, 6) is 0.785. The smallest absolute Gasteiger partial charge is 0.266 e. The molecule has 194 valence electrons. The number of benzene rings is 2. The molecule has 2 aromatic carbocycles. The maximum atomic E-state index is 13.2. The summed E-state index contributed by atoms with van der Waals surface area (Å²) >= 11 is 6.87. The number of amides is 1. The summed E-state index contributed by atoms with van der Waals surface area (Å²) in [6.07, 6.45) is 6.75. The number of nitrogens with zero attached hydrogens (tertiary/aromatic N) is 3. The average Bonchev–Trinajstić information content (AvgIpc) is 3.43. The lowest BCUT2D eigenvalue weighted by atomic mass is 10.0. The molecule has 1 aromatic heterocycles. The highest BCUT2D eigenvalue weighted by Crippen LogP contribution is 2.36. The molecule has 0 bridgehead atoms. The lowest BCUT2D eigenvalue weighted by molar-refractivity contribution is -0.122. The maximum Gasteiger partial charge on any atom is 0.266 e. The highest BCUT2D eigenvalue weighted by molar-refractivity contribution is 8.26. The molecule has 6 nitrogen and oxygen atoms in total. The van der Waals surface area contributed by atoms with Crippen LogP contribution in [-0.2, 0) is 9.53 Å². The van der Waals surface area contributed by atoms with Crippen LogP contribution >= 0.6 is 24.0 Å². The summed E-state index contributed by atoms with van der Waals surface area (Å²) < 4.78 is 13.8. The van der Waals surface area contributed by atoms with Crippen LogP contribution in [-0.4, -0.2) is 51.3 Å². The van der Waals surface area contributed by atoms with Crippen molar-refractivity contribution in [2.24, 2.45) is 0 Å². The van der Waals surface area contributed by atoms with Gasteiger partial charge in [-0.25, -0.2) is 4.68 Å². The summed E-state index contributed by atoms with van der Waals surface area (Å²) in [6, 6.07) is 16.0. The van der Waals surface area contributed by atoms with Gasteiger partial charge in [0.05, 0.1) is 17.2 Å². The van der Waals surface area contributed by atoms with Gasteiger partial charge in [0.25, 0.3) is 5.91 Å². The summed E-state index contributed by atoms with van der Waals surface area (Å²) in [5.41, 5.74) is 4.68. The lowest BCUT2D eigenvalue weighted by Crippen LogP contribution is -2.29. The Morgan fingerprint density at radius 1 is 1.08 bits per heavy atom. The molecule has 0 aliphatic carbocycles. The molecule has 2 heterocycles. The molecule has 0 spiro atoms. The molecule has 0 radical (unpaired) electrons. The maximum absolute atomic E-state index is 13.2. The Kier molecular flexibility index (Phi) is 9.55. The Morgan fingerprint density at radius 3 is 2.62 bits per heavy atom. The monoisotopic (exact) mass is 535 g/mol. The number of aryl methyl sites for hydroxylation is 1. The molecule has 1 amide bonds. The second kappa shape index (κ2) is 13.0. The molecule has 1 saturated heterocycles. The van der Waals surface area contributed by atoms with E-state index in [0.717, 1.165) is 53.1 Å². The van der Waals surface area contributed by atoms with Crippen LogP contribution in [0.15, 0.2) is 59.6 Å². The van der Waals surface area contributed by atoms with Gasteiger partial charge in [0.1, 0.15) is 15.8 Å². The second-order valence-corrected chi connectivity index (χ2v) is 10.5. The molecule has 1 fully saturated rings. The highest BCUT2D eigenvalue weighted by atomic mass is 32.2. The number of hydrogen-bond acceptors (Lipinski definition) is 6. The van der Waals surface area contributed by atoms with Crippen molar-refractivity contribution in [3.05, 3.63) is 70.8 Å². The number of hydrogen-bond donors (Lipinski definition) is 0. The minimum atomic E-state index is -0.0682. The van der Waals surface area contributed by atoms with Crippen molar-refractivity contribution in [1.29, 1.82) is 0 Å². The van der Waals surface area contributed by atoms with Crippen LogP contribution in [0.4, 0.5) is 0 Å². The standard InChI is InChI=1S/C29H33N3O3S2/c1-4-6-17-35-24-13-14-25(21(3)18-24)27-22(20-32(30-27)23-11-8-7-9-12-23)19-26-28(33)31(29(36)37-26)15-10-16-34-5-2/h7-9,11-14,18-20H,4-6,10,15-17H2,1-3H3/b26-19-. The van der Waals surface area contributed by atoms with E-state index in [-0.39, 0.29) is 5.91 Å². The van der Waals surface area contributed by atoms with E-state index in [0.29, 0.717) is 35.6 Å². The average molecular weight is 536 g/mol. The minimum absolute atomic E-state index is 0.0682. The summed E-state index contributed by atoms with van der Waals surface area (Å²) in [4.78, 5) is 15.5. The molecule has 4 rings (SSSR count). The molecule has 0 unspecified atom stereocenters. The van der Waals surface area contributed by atoms with Crippen LogP contribution in [0.1, 0.15) is 44.2 Å². The van der Waals surface area contributed by atoms with Crippen molar-refractivity contribution < 1.29 is 14.3 Å². The van der Waals surface area contributed by atoms with E-state index in [9.17, 15) is 4.79 Å². The third-order valence-electron chi connectivity index (χ3n) is 6.02. The van der Waals surface area contributed by atoms with Crippen molar-refractivity contribution >= 4 is 40.3 Å². The first-order chi connectivity index (χ1) is 18.0. The highest BCUT2D eigenvalue weighted by Gasteiger charge is 2.32. The summed E-state index contributed by atoms with van der Waals surface area (Å²) in [6.45, 7) is 8.70. The Bertz CT molecular complexity index is 1270. The summed E-state index contributed by atoms with van der Waals surface area (Å²) in [7, 11) is 0.